The topological polar surface area (TPSA) is 71.1 Å². The van der Waals surface area contributed by atoms with Crippen molar-refractivity contribution in [1.82, 2.24) is 20.1 Å². The maximum atomic E-state index is 13.2. The molecule has 0 spiro atoms. The van der Waals surface area contributed by atoms with Gasteiger partial charge in [0.25, 0.3) is 5.91 Å². The highest BCUT2D eigenvalue weighted by molar-refractivity contribution is 5.95. The molecule has 2 heterocycles. The van der Waals surface area contributed by atoms with Crippen LogP contribution in [-0.4, -0.2) is 39.6 Å². The summed E-state index contributed by atoms with van der Waals surface area (Å²) in [5.74, 6) is 3.00. The van der Waals surface area contributed by atoms with Crippen molar-refractivity contribution < 1.29 is 9.53 Å². The summed E-state index contributed by atoms with van der Waals surface area (Å²) < 4.78 is 5.47. The number of nitrogens with zero attached hydrogens (tertiary/aromatic N) is 3. The molecule has 1 aromatic carbocycles. The van der Waals surface area contributed by atoms with Crippen LogP contribution in [-0.2, 0) is 0 Å². The van der Waals surface area contributed by atoms with Gasteiger partial charge in [0.1, 0.15) is 11.6 Å². The SMILES string of the molecule is COc1ccc(C(=O)N2CCCCC2c2n[nH]c(C)n2)cc1C1CC1. The molecule has 2 aromatic rings. The Morgan fingerprint density at radius 1 is 1.28 bits per heavy atom. The number of amides is 1. The molecule has 4 rings (SSSR count). The van der Waals surface area contributed by atoms with Crippen LogP contribution in [0.25, 0.3) is 0 Å². The van der Waals surface area contributed by atoms with Gasteiger partial charge in [0.05, 0.1) is 13.2 Å². The van der Waals surface area contributed by atoms with Crippen LogP contribution in [0.2, 0.25) is 0 Å². The Morgan fingerprint density at radius 3 is 2.80 bits per heavy atom. The van der Waals surface area contributed by atoms with E-state index in [1.807, 2.05) is 30.0 Å². The van der Waals surface area contributed by atoms with E-state index in [2.05, 4.69) is 15.2 Å². The molecule has 1 aliphatic carbocycles. The fraction of sp³-hybridized carbons (Fsp3) is 0.526. The van der Waals surface area contributed by atoms with E-state index in [9.17, 15) is 4.79 Å². The number of ether oxygens (including phenoxy) is 1. The number of aryl methyl sites for hydroxylation is 1. The third-order valence-electron chi connectivity index (χ3n) is 5.17. The summed E-state index contributed by atoms with van der Waals surface area (Å²) in [6, 6.07) is 5.78. The Balaban J connectivity index is 1.63. The number of hydrogen-bond donors (Lipinski definition) is 1. The average molecular weight is 340 g/mol. The quantitative estimate of drug-likeness (QED) is 0.926. The minimum atomic E-state index is -0.0438. The van der Waals surface area contributed by atoms with Crippen molar-refractivity contribution in [3.8, 4) is 5.75 Å². The summed E-state index contributed by atoms with van der Waals surface area (Å²) >= 11 is 0. The zero-order valence-corrected chi connectivity index (χ0v) is 14.8. The second-order valence-corrected chi connectivity index (χ2v) is 7.02. The summed E-state index contributed by atoms with van der Waals surface area (Å²) in [7, 11) is 1.69. The molecular formula is C19H24N4O2. The Hall–Kier alpha value is -2.37. The number of piperidine rings is 1. The van der Waals surface area contributed by atoms with Gasteiger partial charge in [-0.2, -0.15) is 5.10 Å². The lowest BCUT2D eigenvalue weighted by molar-refractivity contribution is 0.0600. The van der Waals surface area contributed by atoms with E-state index in [4.69, 9.17) is 4.74 Å². The molecule has 0 bridgehead atoms. The van der Waals surface area contributed by atoms with Crippen molar-refractivity contribution in [3.05, 3.63) is 41.0 Å². The first-order valence-electron chi connectivity index (χ1n) is 9.05. The van der Waals surface area contributed by atoms with E-state index >= 15 is 0 Å². The monoisotopic (exact) mass is 340 g/mol. The lowest BCUT2D eigenvalue weighted by atomic mass is 9.99. The van der Waals surface area contributed by atoms with E-state index < -0.39 is 0 Å². The number of nitrogens with one attached hydrogen (secondary N) is 1. The molecule has 6 nitrogen and oxygen atoms in total. The van der Waals surface area contributed by atoms with Crippen LogP contribution in [0.4, 0.5) is 0 Å². The van der Waals surface area contributed by atoms with Crippen molar-refractivity contribution in [3.63, 3.8) is 0 Å². The zero-order chi connectivity index (χ0) is 17.4. The Morgan fingerprint density at radius 2 is 2.12 bits per heavy atom. The van der Waals surface area contributed by atoms with Gasteiger partial charge in [-0.3, -0.25) is 9.89 Å². The van der Waals surface area contributed by atoms with Gasteiger partial charge in [0.2, 0.25) is 0 Å². The number of likely N-dealkylation sites (tertiary alicyclic amines) is 1. The number of carbonyl (C=O) groups excluding carboxylic acids is 1. The predicted molar refractivity (Wildman–Crippen MR) is 93.7 cm³/mol. The highest BCUT2D eigenvalue weighted by Gasteiger charge is 2.33. The van der Waals surface area contributed by atoms with Crippen LogP contribution in [0.5, 0.6) is 5.75 Å². The van der Waals surface area contributed by atoms with Crippen LogP contribution >= 0.6 is 0 Å². The van der Waals surface area contributed by atoms with Crippen molar-refractivity contribution in [2.45, 2.75) is 51.0 Å². The van der Waals surface area contributed by atoms with Gasteiger partial charge < -0.3 is 9.64 Å². The van der Waals surface area contributed by atoms with Crippen molar-refractivity contribution in [1.29, 1.82) is 0 Å². The number of carbonyl (C=O) groups is 1. The number of aromatic amines is 1. The molecule has 2 fully saturated rings. The van der Waals surface area contributed by atoms with Gasteiger partial charge in [-0.1, -0.05) is 0 Å². The van der Waals surface area contributed by atoms with E-state index in [0.29, 0.717) is 5.92 Å². The summed E-state index contributed by atoms with van der Waals surface area (Å²) in [6.07, 6.45) is 5.39. The fourth-order valence-electron chi connectivity index (χ4n) is 3.70. The first-order valence-corrected chi connectivity index (χ1v) is 9.05. The average Bonchev–Trinajstić information content (AvgIpc) is 3.41. The van der Waals surface area contributed by atoms with Crippen molar-refractivity contribution in [2.24, 2.45) is 0 Å². The molecule has 1 N–H and O–H groups in total. The maximum absolute atomic E-state index is 13.2. The predicted octanol–water partition coefficient (Wildman–Crippen LogP) is 3.37. The summed E-state index contributed by atoms with van der Waals surface area (Å²) in [6.45, 7) is 2.64. The van der Waals surface area contributed by atoms with Gasteiger partial charge in [-0.25, -0.2) is 4.98 Å². The van der Waals surface area contributed by atoms with E-state index in [1.54, 1.807) is 7.11 Å². The maximum Gasteiger partial charge on any atom is 0.254 e. The highest BCUT2D eigenvalue weighted by atomic mass is 16.5. The molecule has 2 aliphatic rings. The van der Waals surface area contributed by atoms with Crippen LogP contribution in [0.1, 0.15) is 71.6 Å². The number of H-pyrrole nitrogens is 1. The molecule has 1 aliphatic heterocycles. The second kappa shape index (κ2) is 6.50. The molecule has 1 amide bonds. The second-order valence-electron chi connectivity index (χ2n) is 7.02. The first kappa shape index (κ1) is 16.1. The molecule has 132 valence electrons. The summed E-state index contributed by atoms with van der Waals surface area (Å²) in [5, 5.41) is 7.20. The molecule has 0 radical (unpaired) electrons. The van der Waals surface area contributed by atoms with Crippen molar-refractivity contribution >= 4 is 5.91 Å². The van der Waals surface area contributed by atoms with Crippen LogP contribution < -0.4 is 4.74 Å². The number of rotatable bonds is 4. The summed E-state index contributed by atoms with van der Waals surface area (Å²) in [4.78, 5) is 19.6. The minimum absolute atomic E-state index is 0.0438. The Kier molecular flexibility index (Phi) is 4.19. The summed E-state index contributed by atoms with van der Waals surface area (Å²) in [5.41, 5.74) is 1.90. The van der Waals surface area contributed by atoms with E-state index in [-0.39, 0.29) is 11.9 Å². The third kappa shape index (κ3) is 3.13. The number of methoxy groups -OCH3 is 1. The number of benzene rings is 1. The van der Waals surface area contributed by atoms with E-state index in [1.165, 1.54) is 12.8 Å². The van der Waals surface area contributed by atoms with Crippen LogP contribution in [0, 0.1) is 6.92 Å². The molecule has 25 heavy (non-hydrogen) atoms. The standard InChI is InChI=1S/C19H24N4O2/c1-12-20-18(22-21-12)16-5-3-4-10-23(16)19(24)14-8-9-17(25-2)15(11-14)13-6-7-13/h8-9,11,13,16H,3-7,10H2,1-2H3,(H,20,21,22). The fourth-order valence-corrected chi connectivity index (χ4v) is 3.70. The van der Waals surface area contributed by atoms with Crippen LogP contribution in [0.15, 0.2) is 18.2 Å². The van der Waals surface area contributed by atoms with E-state index in [0.717, 1.165) is 54.3 Å². The third-order valence-corrected chi connectivity index (χ3v) is 5.17. The van der Waals surface area contributed by atoms with Gasteiger partial charge >= 0.3 is 0 Å². The smallest absolute Gasteiger partial charge is 0.254 e. The highest BCUT2D eigenvalue weighted by Crippen LogP contribution is 2.44. The normalized spacial score (nSPS) is 20.6. The Bertz CT molecular complexity index is 781. The zero-order valence-electron chi connectivity index (χ0n) is 14.8. The van der Waals surface area contributed by atoms with Gasteiger partial charge in [0.15, 0.2) is 5.82 Å². The number of hydrogen-bond acceptors (Lipinski definition) is 4. The van der Waals surface area contributed by atoms with Gasteiger partial charge in [-0.15, -0.1) is 0 Å². The molecule has 6 heteroatoms. The molecule has 1 unspecified atom stereocenters. The molecule has 1 saturated heterocycles. The van der Waals surface area contributed by atoms with Gasteiger partial charge in [-0.05, 0) is 68.7 Å². The lowest BCUT2D eigenvalue weighted by Gasteiger charge is -2.34. The Labute approximate surface area is 147 Å². The van der Waals surface area contributed by atoms with Crippen molar-refractivity contribution in [2.75, 3.05) is 13.7 Å². The lowest BCUT2D eigenvalue weighted by Crippen LogP contribution is -2.39. The molecule has 1 aromatic heterocycles. The van der Waals surface area contributed by atoms with Crippen LogP contribution in [0.3, 0.4) is 0 Å². The molecular weight excluding hydrogens is 316 g/mol. The minimum Gasteiger partial charge on any atom is -0.496 e. The molecule has 1 saturated carbocycles. The largest absolute Gasteiger partial charge is 0.496 e. The number of aromatic nitrogens is 3. The molecule has 1 atom stereocenters. The first-order chi connectivity index (χ1) is 12.2. The van der Waals surface area contributed by atoms with Gasteiger partial charge in [0, 0.05) is 12.1 Å².